The van der Waals surface area contributed by atoms with Crippen LogP contribution in [0.4, 0.5) is 0 Å². The first kappa shape index (κ1) is 32.0. The number of hydrogen-bond acceptors (Lipinski definition) is 12. The summed E-state index contributed by atoms with van der Waals surface area (Å²) in [5, 5.41) is 0.457. The minimum Gasteiger partial charge on any atom is -0.489 e. The fourth-order valence-electron chi connectivity index (χ4n) is 4.77. The van der Waals surface area contributed by atoms with Crippen LogP contribution in [0.1, 0.15) is 45.0 Å². The van der Waals surface area contributed by atoms with Crippen LogP contribution >= 0.6 is 0 Å². The maximum absolute atomic E-state index is 12.5. The lowest BCUT2D eigenvalue weighted by molar-refractivity contribution is -0.288. The molecule has 1 aromatic heterocycles. The van der Waals surface area contributed by atoms with Crippen molar-refractivity contribution in [1.29, 1.82) is 0 Å². The second-order valence-corrected chi connectivity index (χ2v) is 10.0. The Morgan fingerprint density at radius 3 is 2.02 bits per heavy atom. The molecule has 4 rings (SSSR count). The van der Waals surface area contributed by atoms with E-state index < -0.39 is 61.2 Å². The zero-order valence-corrected chi connectivity index (χ0v) is 24.8. The Morgan fingerprint density at radius 2 is 1.41 bits per heavy atom. The Bertz CT molecular complexity index is 1530. The van der Waals surface area contributed by atoms with Gasteiger partial charge in [-0.2, -0.15) is 0 Å². The average Bonchev–Trinajstić information content (AvgIpc) is 3.31. The van der Waals surface area contributed by atoms with Gasteiger partial charge >= 0.3 is 23.9 Å². The summed E-state index contributed by atoms with van der Waals surface area (Å²) in [5.74, 6) is -2.64. The van der Waals surface area contributed by atoms with Crippen LogP contribution in [0.15, 0.2) is 54.7 Å². The molecule has 0 amide bonds. The van der Waals surface area contributed by atoms with Crippen LogP contribution < -0.4 is 9.47 Å². The van der Waals surface area contributed by atoms with Gasteiger partial charge in [0.15, 0.2) is 12.2 Å². The van der Waals surface area contributed by atoms with Gasteiger partial charge in [0.05, 0.1) is 11.7 Å². The lowest BCUT2D eigenvalue weighted by Gasteiger charge is -2.43. The SMILES string of the molecule is CC(=O)OC[C@H]1O[C@@H](Oc2cn(C(C)=O)c3ccc(OCc4ccccc4)cc23)[C@H](OC(C)=O)[C@@H](OC(C)=O)[C@@H]1OC(C)=O. The van der Waals surface area contributed by atoms with Crippen molar-refractivity contribution in [1.82, 2.24) is 4.57 Å². The highest BCUT2D eigenvalue weighted by atomic mass is 16.7. The van der Waals surface area contributed by atoms with Gasteiger partial charge in [-0.1, -0.05) is 30.3 Å². The van der Waals surface area contributed by atoms with E-state index in [0.717, 1.165) is 26.3 Å². The molecule has 0 unspecified atom stereocenters. The summed E-state index contributed by atoms with van der Waals surface area (Å²) in [6, 6.07) is 14.6. The molecule has 1 aliphatic heterocycles. The van der Waals surface area contributed by atoms with E-state index >= 15 is 0 Å². The molecule has 0 saturated carbocycles. The lowest BCUT2D eigenvalue weighted by atomic mass is 9.98. The molecule has 13 nitrogen and oxygen atoms in total. The monoisotopic (exact) mass is 611 g/mol. The zero-order valence-electron chi connectivity index (χ0n) is 24.8. The van der Waals surface area contributed by atoms with Crippen LogP contribution in [0.25, 0.3) is 10.9 Å². The topological polar surface area (TPSA) is 155 Å². The van der Waals surface area contributed by atoms with Crippen LogP contribution in [0.2, 0.25) is 0 Å². The molecule has 5 atom stereocenters. The minimum absolute atomic E-state index is 0.140. The fourth-order valence-corrected chi connectivity index (χ4v) is 4.77. The number of esters is 4. The largest absolute Gasteiger partial charge is 0.489 e. The summed E-state index contributed by atoms with van der Waals surface area (Å²) in [7, 11) is 0. The Hall–Kier alpha value is -4.91. The Labute approximate surface area is 252 Å². The van der Waals surface area contributed by atoms with E-state index in [9.17, 15) is 24.0 Å². The van der Waals surface area contributed by atoms with Crippen LogP contribution in [-0.2, 0) is 49.5 Å². The van der Waals surface area contributed by atoms with Crippen molar-refractivity contribution in [2.45, 2.75) is 71.9 Å². The molecule has 1 fully saturated rings. The fraction of sp³-hybridized carbons (Fsp3) is 0.387. The standard InChI is InChI=1S/C31H33NO12/c1-17(33)32-14-26(24-13-23(11-12-25(24)32)39-15-22-9-7-6-8-10-22)43-31-30(42-21(5)37)29(41-20(4)36)28(40-19(3)35)27(44-31)16-38-18(2)34/h6-14,27-31H,15-16H2,1-5H3/t27-,28-,29+,30-,31-/m1/s1. The summed E-state index contributed by atoms with van der Waals surface area (Å²) in [4.78, 5) is 60.5. The minimum atomic E-state index is -1.48. The Balaban J connectivity index is 1.74. The summed E-state index contributed by atoms with van der Waals surface area (Å²) in [6.45, 7) is 5.81. The Morgan fingerprint density at radius 1 is 0.773 bits per heavy atom. The number of nitrogens with zero attached hydrogens (tertiary/aromatic N) is 1. The molecule has 1 aliphatic rings. The van der Waals surface area contributed by atoms with Crippen molar-refractivity contribution in [2.75, 3.05) is 6.61 Å². The highest BCUT2D eigenvalue weighted by molar-refractivity contribution is 5.96. The number of benzene rings is 2. The van der Waals surface area contributed by atoms with Crippen LogP contribution in [0.3, 0.4) is 0 Å². The average molecular weight is 612 g/mol. The molecule has 234 valence electrons. The van der Waals surface area contributed by atoms with Gasteiger partial charge in [-0.25, -0.2) is 0 Å². The molecule has 13 heteroatoms. The van der Waals surface area contributed by atoms with E-state index in [2.05, 4.69) is 0 Å². The van der Waals surface area contributed by atoms with Gasteiger partial charge < -0.3 is 33.2 Å². The first-order valence-electron chi connectivity index (χ1n) is 13.7. The predicted octanol–water partition coefficient (Wildman–Crippen LogP) is 3.34. The van der Waals surface area contributed by atoms with Crippen LogP contribution in [0.5, 0.6) is 11.5 Å². The van der Waals surface area contributed by atoms with Gasteiger partial charge in [0.1, 0.15) is 30.8 Å². The maximum Gasteiger partial charge on any atom is 0.303 e. The van der Waals surface area contributed by atoms with Gasteiger partial charge in [-0.3, -0.25) is 28.5 Å². The number of carbonyl (C=O) groups is 5. The first-order valence-corrected chi connectivity index (χ1v) is 13.7. The molecule has 3 aromatic rings. The van der Waals surface area contributed by atoms with Gasteiger partial charge in [0, 0.05) is 40.0 Å². The summed E-state index contributed by atoms with van der Waals surface area (Å²) in [6.07, 6.45) is -5.43. The van der Waals surface area contributed by atoms with Gasteiger partial charge in [0.2, 0.25) is 18.3 Å². The van der Waals surface area contributed by atoms with E-state index in [0.29, 0.717) is 16.7 Å². The molecule has 2 aromatic carbocycles. The highest BCUT2D eigenvalue weighted by Crippen LogP contribution is 2.36. The highest BCUT2D eigenvalue weighted by Gasteiger charge is 2.53. The third kappa shape index (κ3) is 7.92. The van der Waals surface area contributed by atoms with Crippen molar-refractivity contribution < 1.29 is 57.1 Å². The third-order valence-corrected chi connectivity index (χ3v) is 6.52. The molecule has 2 heterocycles. The molecule has 1 saturated heterocycles. The number of aromatic nitrogens is 1. The van der Waals surface area contributed by atoms with E-state index in [1.54, 1.807) is 18.2 Å². The summed E-state index contributed by atoms with van der Waals surface area (Å²) < 4.78 is 41.1. The Kier molecular flexibility index (Phi) is 10.2. The molecular weight excluding hydrogens is 578 g/mol. The van der Waals surface area contributed by atoms with Crippen molar-refractivity contribution >= 4 is 40.7 Å². The lowest BCUT2D eigenvalue weighted by Crippen LogP contribution is -2.63. The maximum atomic E-state index is 12.5. The number of carbonyl (C=O) groups excluding carboxylic acids is 5. The molecule has 0 spiro atoms. The van der Waals surface area contributed by atoms with E-state index in [4.69, 9.17) is 33.2 Å². The smallest absolute Gasteiger partial charge is 0.303 e. The van der Waals surface area contributed by atoms with Gasteiger partial charge in [-0.05, 0) is 23.8 Å². The summed E-state index contributed by atoms with van der Waals surface area (Å²) >= 11 is 0. The number of rotatable bonds is 10. The normalized spacial score (nSPS) is 21.2. The molecular formula is C31H33NO12. The van der Waals surface area contributed by atoms with Crippen LogP contribution in [0, 0.1) is 0 Å². The molecule has 0 radical (unpaired) electrons. The first-order chi connectivity index (χ1) is 20.9. The van der Waals surface area contributed by atoms with Gasteiger partial charge in [-0.15, -0.1) is 0 Å². The number of hydrogen-bond donors (Lipinski definition) is 0. The number of ether oxygens (including phenoxy) is 7. The van der Waals surface area contributed by atoms with E-state index in [-0.39, 0.29) is 18.3 Å². The van der Waals surface area contributed by atoms with E-state index in [1.807, 2.05) is 30.3 Å². The number of fused-ring (bicyclic) bond motifs is 1. The second-order valence-electron chi connectivity index (χ2n) is 10.0. The van der Waals surface area contributed by atoms with Crippen molar-refractivity contribution in [3.8, 4) is 11.5 Å². The summed E-state index contributed by atoms with van der Waals surface area (Å²) in [5.41, 5.74) is 1.44. The molecule has 0 bridgehead atoms. The zero-order chi connectivity index (χ0) is 32.0. The van der Waals surface area contributed by atoms with Gasteiger partial charge in [0.25, 0.3) is 0 Å². The molecule has 0 N–H and O–H groups in total. The van der Waals surface area contributed by atoms with Crippen LogP contribution in [-0.4, -0.2) is 71.7 Å². The van der Waals surface area contributed by atoms with E-state index in [1.165, 1.54) is 24.6 Å². The second kappa shape index (κ2) is 14.0. The van der Waals surface area contributed by atoms with Crippen molar-refractivity contribution in [3.05, 3.63) is 60.3 Å². The molecule has 44 heavy (non-hydrogen) atoms. The van der Waals surface area contributed by atoms with Crippen molar-refractivity contribution in [2.24, 2.45) is 0 Å². The molecule has 0 aliphatic carbocycles. The van der Waals surface area contributed by atoms with Crippen molar-refractivity contribution in [3.63, 3.8) is 0 Å². The quantitative estimate of drug-likeness (QED) is 0.244. The predicted molar refractivity (Wildman–Crippen MR) is 152 cm³/mol. The third-order valence-electron chi connectivity index (χ3n) is 6.52.